The average molecular weight is 280 g/mol. The summed E-state index contributed by atoms with van der Waals surface area (Å²) in [5, 5.41) is 9.78. The van der Waals surface area contributed by atoms with Crippen LogP contribution in [0.15, 0.2) is 36.5 Å². The van der Waals surface area contributed by atoms with Gasteiger partial charge in [-0.3, -0.25) is 0 Å². The molecule has 0 atom stereocenters. The Hall–Kier alpha value is -1.78. The van der Waals surface area contributed by atoms with Crippen LogP contribution in [0.25, 0.3) is 0 Å². The molecule has 0 aliphatic carbocycles. The smallest absolute Gasteiger partial charge is 0.219 e. The predicted octanol–water partition coefficient (Wildman–Crippen LogP) is 2.81. The van der Waals surface area contributed by atoms with Crippen molar-refractivity contribution < 1.29 is 14.6 Å². The summed E-state index contributed by atoms with van der Waals surface area (Å²) in [5.41, 5.74) is 1.40. The third-order valence-corrected chi connectivity index (χ3v) is 3.01. The van der Waals surface area contributed by atoms with Gasteiger partial charge in [0.05, 0.1) is 19.3 Å². The number of hydrogen-bond donors (Lipinski definition) is 1. The number of aromatic nitrogens is 1. The summed E-state index contributed by atoms with van der Waals surface area (Å²) < 4.78 is 10.8. The van der Waals surface area contributed by atoms with E-state index in [4.69, 9.17) is 21.1 Å². The molecule has 0 bridgehead atoms. The van der Waals surface area contributed by atoms with Crippen molar-refractivity contribution in [1.82, 2.24) is 4.98 Å². The summed E-state index contributed by atoms with van der Waals surface area (Å²) in [4.78, 5) is 4.09. The number of hydrogen-bond acceptors (Lipinski definition) is 4. The van der Waals surface area contributed by atoms with Crippen molar-refractivity contribution in [1.29, 1.82) is 0 Å². The maximum atomic E-state index is 9.30. The van der Waals surface area contributed by atoms with E-state index in [1.165, 1.54) is 0 Å². The van der Waals surface area contributed by atoms with Gasteiger partial charge in [-0.15, -0.1) is 0 Å². The lowest BCUT2D eigenvalue weighted by Gasteiger charge is -2.12. The fraction of sp³-hybridized carbons (Fsp3) is 0.214. The summed E-state index contributed by atoms with van der Waals surface area (Å²) in [5.74, 6) is 1.08. The molecule has 19 heavy (non-hydrogen) atoms. The predicted molar refractivity (Wildman–Crippen MR) is 72.5 cm³/mol. The number of aliphatic hydroxyl groups is 1. The fourth-order valence-electron chi connectivity index (χ4n) is 1.70. The minimum absolute atomic E-state index is 0.167. The normalized spacial score (nSPS) is 10.3. The molecule has 1 aromatic heterocycles. The molecule has 0 spiro atoms. The molecule has 1 heterocycles. The molecule has 0 unspecified atom stereocenters. The Bertz CT molecular complexity index is 560. The van der Waals surface area contributed by atoms with Crippen LogP contribution in [-0.2, 0) is 13.2 Å². The van der Waals surface area contributed by atoms with E-state index >= 15 is 0 Å². The third kappa shape index (κ3) is 3.16. The second-order valence-electron chi connectivity index (χ2n) is 3.84. The van der Waals surface area contributed by atoms with E-state index in [1.54, 1.807) is 31.5 Å². The molecule has 1 N–H and O–H groups in total. The number of benzene rings is 1. The van der Waals surface area contributed by atoms with Crippen molar-refractivity contribution in [2.24, 2.45) is 0 Å². The first-order valence-corrected chi connectivity index (χ1v) is 6.13. The van der Waals surface area contributed by atoms with Gasteiger partial charge in [0, 0.05) is 16.8 Å². The highest BCUT2D eigenvalue weighted by Gasteiger charge is 2.09. The molecule has 0 saturated carbocycles. The van der Waals surface area contributed by atoms with Crippen LogP contribution >= 0.6 is 11.6 Å². The number of methoxy groups -OCH3 is 1. The molecule has 2 rings (SSSR count). The van der Waals surface area contributed by atoms with Gasteiger partial charge in [-0.25, -0.2) is 4.98 Å². The first-order valence-electron chi connectivity index (χ1n) is 5.75. The van der Waals surface area contributed by atoms with Crippen LogP contribution in [0.1, 0.15) is 11.1 Å². The highest BCUT2D eigenvalue weighted by atomic mass is 35.5. The van der Waals surface area contributed by atoms with Gasteiger partial charge >= 0.3 is 0 Å². The van der Waals surface area contributed by atoms with E-state index in [2.05, 4.69) is 4.98 Å². The van der Waals surface area contributed by atoms with E-state index in [1.807, 2.05) is 12.1 Å². The standard InChI is InChI=1S/C14H14ClNO3/c1-18-14-10(4-3-7-16-14)9-19-13-6-2-5-12(15)11(13)8-17/h2-7,17H,8-9H2,1H3. The van der Waals surface area contributed by atoms with Gasteiger partial charge < -0.3 is 14.6 Å². The SMILES string of the molecule is COc1ncccc1COc1cccc(Cl)c1CO. The third-order valence-electron chi connectivity index (χ3n) is 2.66. The lowest BCUT2D eigenvalue weighted by molar-refractivity contribution is 0.256. The summed E-state index contributed by atoms with van der Waals surface area (Å²) in [6.45, 7) is 0.129. The molecule has 2 aromatic rings. The Morgan fingerprint density at radius 2 is 2.11 bits per heavy atom. The molecule has 5 heteroatoms. The van der Waals surface area contributed by atoms with Crippen molar-refractivity contribution in [3.8, 4) is 11.6 Å². The maximum absolute atomic E-state index is 9.30. The Labute approximate surface area is 116 Å². The molecule has 0 saturated heterocycles. The Balaban J connectivity index is 2.17. The van der Waals surface area contributed by atoms with Crippen molar-refractivity contribution in [2.75, 3.05) is 7.11 Å². The molecule has 100 valence electrons. The van der Waals surface area contributed by atoms with Crippen LogP contribution in [0.5, 0.6) is 11.6 Å². The van der Waals surface area contributed by atoms with Crippen molar-refractivity contribution in [3.63, 3.8) is 0 Å². The van der Waals surface area contributed by atoms with E-state index in [0.29, 0.717) is 28.8 Å². The van der Waals surface area contributed by atoms with E-state index < -0.39 is 0 Å². The Kier molecular flexibility index (Phi) is 4.60. The van der Waals surface area contributed by atoms with Gasteiger partial charge in [-0.2, -0.15) is 0 Å². The number of nitrogens with zero attached hydrogens (tertiary/aromatic N) is 1. The van der Waals surface area contributed by atoms with Crippen molar-refractivity contribution >= 4 is 11.6 Å². The summed E-state index contributed by atoms with van der Waals surface area (Å²) in [6.07, 6.45) is 1.65. The minimum atomic E-state index is -0.167. The quantitative estimate of drug-likeness (QED) is 0.914. The minimum Gasteiger partial charge on any atom is -0.488 e. The van der Waals surface area contributed by atoms with Crippen molar-refractivity contribution in [2.45, 2.75) is 13.2 Å². The van der Waals surface area contributed by atoms with Gasteiger partial charge in [-0.05, 0) is 24.3 Å². The average Bonchev–Trinajstić information content (AvgIpc) is 2.45. The molecule has 0 fully saturated rings. The van der Waals surface area contributed by atoms with Crippen LogP contribution < -0.4 is 9.47 Å². The molecule has 1 aromatic carbocycles. The lowest BCUT2D eigenvalue weighted by Crippen LogP contribution is -2.02. The molecule has 0 aliphatic rings. The molecule has 4 nitrogen and oxygen atoms in total. The first-order chi connectivity index (χ1) is 9.26. The highest BCUT2D eigenvalue weighted by molar-refractivity contribution is 6.31. The van der Waals surface area contributed by atoms with Crippen LogP contribution in [-0.4, -0.2) is 17.2 Å². The zero-order valence-electron chi connectivity index (χ0n) is 10.5. The van der Waals surface area contributed by atoms with E-state index in [-0.39, 0.29) is 6.61 Å². The second-order valence-corrected chi connectivity index (χ2v) is 4.24. The topological polar surface area (TPSA) is 51.6 Å². The van der Waals surface area contributed by atoms with E-state index in [9.17, 15) is 5.11 Å². The largest absolute Gasteiger partial charge is 0.488 e. The molecule has 0 amide bonds. The maximum Gasteiger partial charge on any atom is 0.219 e. The van der Waals surface area contributed by atoms with Gasteiger partial charge in [0.2, 0.25) is 5.88 Å². The molecular weight excluding hydrogens is 266 g/mol. The number of ether oxygens (including phenoxy) is 2. The molecular formula is C14H14ClNO3. The van der Waals surface area contributed by atoms with Gasteiger partial charge in [0.1, 0.15) is 12.4 Å². The number of halogens is 1. The van der Waals surface area contributed by atoms with Gasteiger partial charge in [-0.1, -0.05) is 17.7 Å². The van der Waals surface area contributed by atoms with Crippen LogP contribution in [0.3, 0.4) is 0 Å². The fourth-order valence-corrected chi connectivity index (χ4v) is 1.93. The first kappa shape index (κ1) is 13.6. The Morgan fingerprint density at radius 1 is 1.26 bits per heavy atom. The summed E-state index contributed by atoms with van der Waals surface area (Å²) in [6, 6.07) is 8.93. The number of aliphatic hydroxyl groups excluding tert-OH is 1. The highest BCUT2D eigenvalue weighted by Crippen LogP contribution is 2.27. The van der Waals surface area contributed by atoms with E-state index in [0.717, 1.165) is 5.56 Å². The lowest BCUT2D eigenvalue weighted by atomic mass is 10.2. The van der Waals surface area contributed by atoms with Crippen LogP contribution in [0.2, 0.25) is 5.02 Å². The summed E-state index contributed by atoms with van der Waals surface area (Å²) in [7, 11) is 1.56. The zero-order valence-corrected chi connectivity index (χ0v) is 11.2. The Morgan fingerprint density at radius 3 is 2.84 bits per heavy atom. The van der Waals surface area contributed by atoms with Gasteiger partial charge in [0.25, 0.3) is 0 Å². The number of rotatable bonds is 5. The van der Waals surface area contributed by atoms with Crippen LogP contribution in [0.4, 0.5) is 0 Å². The zero-order chi connectivity index (χ0) is 13.7. The summed E-state index contributed by atoms with van der Waals surface area (Å²) >= 11 is 5.99. The second kappa shape index (κ2) is 6.41. The molecule has 0 aliphatic heterocycles. The van der Waals surface area contributed by atoms with Crippen molar-refractivity contribution in [3.05, 3.63) is 52.7 Å². The van der Waals surface area contributed by atoms with Crippen LogP contribution in [0, 0.1) is 0 Å². The monoisotopic (exact) mass is 279 g/mol. The number of pyridine rings is 1. The van der Waals surface area contributed by atoms with Gasteiger partial charge in [0.15, 0.2) is 0 Å². The molecule has 0 radical (unpaired) electrons.